The zero-order valence-electron chi connectivity index (χ0n) is 49.4. The Morgan fingerprint density at radius 1 is 0.156 bits per heavy atom. The minimum atomic E-state index is 1.07. The Hall–Kier alpha value is -11.8. The van der Waals surface area contributed by atoms with E-state index in [1.807, 2.05) is 0 Å². The lowest BCUT2D eigenvalue weighted by Crippen LogP contribution is -2.10. The van der Waals surface area contributed by atoms with E-state index in [1.165, 1.54) is 125 Å². The summed E-state index contributed by atoms with van der Waals surface area (Å²) in [6.07, 6.45) is 0. The van der Waals surface area contributed by atoms with E-state index >= 15 is 0 Å². The van der Waals surface area contributed by atoms with Crippen molar-refractivity contribution in [3.8, 4) is 55.6 Å². The van der Waals surface area contributed by atoms with Crippen LogP contribution in [0.2, 0.25) is 0 Å². The van der Waals surface area contributed by atoms with Gasteiger partial charge in [-0.25, -0.2) is 0 Å². The molecular weight excluding hydrogens is 1080 g/mol. The molecule has 0 saturated carbocycles. The number of benzene rings is 17. The average molecular weight is 1140 g/mol. The summed E-state index contributed by atoms with van der Waals surface area (Å²) in [5.41, 5.74) is 18.5. The average Bonchev–Trinajstić information content (AvgIpc) is 1.01. The molecule has 0 N–H and O–H groups in total. The lowest BCUT2D eigenvalue weighted by molar-refractivity contribution is 1.29. The Labute approximate surface area is 523 Å². The zero-order valence-corrected chi connectivity index (χ0v) is 49.4. The molecule has 0 heterocycles. The number of fused-ring (bicyclic) bond motifs is 7. The molecule has 0 spiro atoms. The summed E-state index contributed by atoms with van der Waals surface area (Å²) in [7, 11) is 0. The number of rotatable bonds is 11. The molecule has 0 saturated heterocycles. The molecule has 0 amide bonds. The maximum absolute atomic E-state index is 2.45. The zero-order chi connectivity index (χ0) is 59.5. The third-order valence-corrected chi connectivity index (χ3v) is 18.4. The molecule has 17 rings (SSSR count). The van der Waals surface area contributed by atoms with Gasteiger partial charge in [0.25, 0.3) is 0 Å². The molecule has 0 bridgehead atoms. The van der Waals surface area contributed by atoms with Crippen LogP contribution in [0.4, 0.5) is 34.1 Å². The summed E-state index contributed by atoms with van der Waals surface area (Å²) in [5, 5.41) is 16.9. The van der Waals surface area contributed by atoms with Crippen LogP contribution in [0.25, 0.3) is 131 Å². The lowest BCUT2D eigenvalue weighted by Gasteiger charge is -2.28. The summed E-state index contributed by atoms with van der Waals surface area (Å²) in [4.78, 5) is 4.77. The van der Waals surface area contributed by atoms with E-state index in [1.54, 1.807) is 0 Å². The highest BCUT2D eigenvalue weighted by Gasteiger charge is 2.24. The van der Waals surface area contributed by atoms with Gasteiger partial charge in [-0.15, -0.1) is 0 Å². The van der Waals surface area contributed by atoms with Crippen LogP contribution >= 0.6 is 0 Å². The lowest BCUT2D eigenvalue weighted by atomic mass is 9.83. The Bertz CT molecular complexity index is 5430. The molecule has 420 valence electrons. The third-order valence-electron chi connectivity index (χ3n) is 18.4. The molecule has 0 aliphatic heterocycles. The van der Waals surface area contributed by atoms with Crippen molar-refractivity contribution in [2.75, 3.05) is 9.80 Å². The molecule has 17 aromatic carbocycles. The van der Waals surface area contributed by atoms with Gasteiger partial charge in [0, 0.05) is 34.1 Å². The van der Waals surface area contributed by atoms with Crippen molar-refractivity contribution in [2.45, 2.75) is 0 Å². The Balaban J connectivity index is 0.931. The van der Waals surface area contributed by atoms with Gasteiger partial charge in [0.15, 0.2) is 0 Å². The predicted octanol–water partition coefficient (Wildman–Crippen LogP) is 25.0. The van der Waals surface area contributed by atoms with E-state index in [0.717, 1.165) is 39.7 Å². The first-order valence-corrected chi connectivity index (χ1v) is 31.1. The van der Waals surface area contributed by atoms with Crippen LogP contribution < -0.4 is 9.80 Å². The minimum Gasteiger partial charge on any atom is -0.310 e. The van der Waals surface area contributed by atoms with Gasteiger partial charge >= 0.3 is 0 Å². The van der Waals surface area contributed by atoms with Gasteiger partial charge in [0.1, 0.15) is 0 Å². The Kier molecular flexibility index (Phi) is 12.9. The third kappa shape index (κ3) is 9.04. The molecule has 0 unspecified atom stereocenters. The summed E-state index contributed by atoms with van der Waals surface area (Å²) in [6, 6.07) is 130. The number of hydrogen-bond donors (Lipinski definition) is 0. The van der Waals surface area contributed by atoms with Crippen LogP contribution in [0.5, 0.6) is 0 Å². The fourth-order valence-corrected chi connectivity index (χ4v) is 14.3. The number of para-hydroxylation sites is 4. The molecular formula is C88H58N2. The van der Waals surface area contributed by atoms with Crippen LogP contribution in [0.15, 0.2) is 352 Å². The van der Waals surface area contributed by atoms with E-state index in [4.69, 9.17) is 0 Å². The maximum Gasteiger partial charge on any atom is 0.0468 e. The highest BCUT2D eigenvalue weighted by atomic mass is 15.1. The van der Waals surface area contributed by atoms with Crippen molar-refractivity contribution in [1.29, 1.82) is 0 Å². The van der Waals surface area contributed by atoms with Gasteiger partial charge < -0.3 is 9.80 Å². The Morgan fingerprint density at radius 2 is 0.489 bits per heavy atom. The summed E-state index contributed by atoms with van der Waals surface area (Å²) < 4.78 is 0. The smallest absolute Gasteiger partial charge is 0.0468 e. The van der Waals surface area contributed by atoms with Gasteiger partial charge in [-0.05, 0) is 216 Å². The van der Waals surface area contributed by atoms with Gasteiger partial charge in [-0.3, -0.25) is 0 Å². The summed E-state index contributed by atoms with van der Waals surface area (Å²) >= 11 is 0. The van der Waals surface area contributed by atoms with Gasteiger partial charge in [0.2, 0.25) is 0 Å². The van der Waals surface area contributed by atoms with E-state index in [2.05, 4.69) is 362 Å². The van der Waals surface area contributed by atoms with E-state index in [-0.39, 0.29) is 0 Å². The van der Waals surface area contributed by atoms with Crippen molar-refractivity contribution in [1.82, 2.24) is 0 Å². The van der Waals surface area contributed by atoms with Crippen molar-refractivity contribution in [3.05, 3.63) is 352 Å². The van der Waals surface area contributed by atoms with Crippen LogP contribution in [0.3, 0.4) is 0 Å². The van der Waals surface area contributed by atoms with E-state index in [0.29, 0.717) is 0 Å². The maximum atomic E-state index is 2.45. The highest BCUT2D eigenvalue weighted by Crippen LogP contribution is 2.51. The fourth-order valence-electron chi connectivity index (χ4n) is 14.3. The van der Waals surface area contributed by atoms with Gasteiger partial charge in [-0.2, -0.15) is 0 Å². The second-order valence-electron chi connectivity index (χ2n) is 23.5. The quantitative estimate of drug-likeness (QED) is 0.119. The molecule has 90 heavy (non-hydrogen) atoms. The first-order chi connectivity index (χ1) is 44.7. The second kappa shape index (κ2) is 22.1. The SMILES string of the molecule is c1ccc(N(c2ccccc2)c2ccc3c(-c4ccc5c(-c6ccc(-c7cccc8ccccc78)c7c(-c8cccc9ccccc89)cccc67)cccc5c4)c4cc(N(c5ccccc5)c5ccccc5)ccc4c(-c4ccc5ccccc5c4)c3c2)cc1. The Morgan fingerprint density at radius 3 is 1.01 bits per heavy atom. The van der Waals surface area contributed by atoms with Crippen molar-refractivity contribution in [3.63, 3.8) is 0 Å². The summed E-state index contributed by atoms with van der Waals surface area (Å²) in [5.74, 6) is 0. The minimum absolute atomic E-state index is 1.07. The molecule has 0 atom stereocenters. The topological polar surface area (TPSA) is 6.48 Å². The monoisotopic (exact) mass is 1140 g/mol. The second-order valence-corrected chi connectivity index (χ2v) is 23.5. The molecule has 0 fully saturated rings. The first-order valence-electron chi connectivity index (χ1n) is 31.1. The first kappa shape index (κ1) is 52.5. The fraction of sp³-hybridized carbons (Fsp3) is 0. The van der Waals surface area contributed by atoms with Crippen LogP contribution in [0, 0.1) is 0 Å². The number of nitrogens with zero attached hydrogens (tertiary/aromatic N) is 2. The van der Waals surface area contributed by atoms with Crippen molar-refractivity contribution >= 4 is 110 Å². The molecule has 17 aromatic rings. The molecule has 2 nitrogen and oxygen atoms in total. The number of hydrogen-bond acceptors (Lipinski definition) is 2. The van der Waals surface area contributed by atoms with Crippen LogP contribution in [-0.2, 0) is 0 Å². The van der Waals surface area contributed by atoms with Crippen molar-refractivity contribution < 1.29 is 0 Å². The molecule has 0 radical (unpaired) electrons. The van der Waals surface area contributed by atoms with E-state index in [9.17, 15) is 0 Å². The normalized spacial score (nSPS) is 11.6. The largest absolute Gasteiger partial charge is 0.310 e. The van der Waals surface area contributed by atoms with Crippen LogP contribution in [0.1, 0.15) is 0 Å². The molecule has 0 aromatic heterocycles. The van der Waals surface area contributed by atoms with E-state index < -0.39 is 0 Å². The van der Waals surface area contributed by atoms with Crippen molar-refractivity contribution in [2.24, 2.45) is 0 Å². The van der Waals surface area contributed by atoms with Gasteiger partial charge in [0.05, 0.1) is 0 Å². The van der Waals surface area contributed by atoms with Crippen LogP contribution in [-0.4, -0.2) is 0 Å². The van der Waals surface area contributed by atoms with Gasteiger partial charge in [-0.1, -0.05) is 267 Å². The summed E-state index contributed by atoms with van der Waals surface area (Å²) in [6.45, 7) is 0. The molecule has 2 heteroatoms. The number of anilines is 6. The molecule has 0 aliphatic carbocycles. The highest BCUT2D eigenvalue weighted by molar-refractivity contribution is 6.24. The standard InChI is InChI=1S/C88H58N2/c1-5-30-66(31-6-1)89(67-32-7-2-8-33-67)70-49-52-83-84(57-70)86(64-46-45-59-23-13-14-26-62(59)55-64)82-51-48-71(90(68-34-9-3-10-35-68)69-36-11-4-12-37-69)58-85(82)87(83)65-47-50-74-63(56-65)29-21-40-75(74)78-53-54-81(77-42-20-28-61-25-16-18-39-73(61)77)88-79(43-22-44-80(78)88)76-41-19-27-60-24-15-17-38-72(60)76/h1-58H. The predicted molar refractivity (Wildman–Crippen MR) is 386 cm³/mol. The molecule has 0 aliphatic rings.